The lowest BCUT2D eigenvalue weighted by atomic mass is 10.1. The topological polar surface area (TPSA) is 71.3 Å². The summed E-state index contributed by atoms with van der Waals surface area (Å²) in [7, 11) is 0. The summed E-state index contributed by atoms with van der Waals surface area (Å²) in [5, 5.41) is 11.6. The van der Waals surface area contributed by atoms with Gasteiger partial charge in [0.15, 0.2) is 11.5 Å². The molecular weight excluding hydrogens is 352 g/mol. The van der Waals surface area contributed by atoms with Crippen LogP contribution in [0.3, 0.4) is 0 Å². The number of halogens is 1. The number of nitrogens with one attached hydrogen (secondary N) is 1. The average molecular weight is 373 g/mol. The lowest BCUT2D eigenvalue weighted by Crippen LogP contribution is -2.24. The van der Waals surface area contributed by atoms with E-state index in [1.165, 1.54) is 0 Å². The zero-order valence-electron chi connectivity index (χ0n) is 14.6. The van der Waals surface area contributed by atoms with Crippen LogP contribution in [0.5, 0.6) is 11.5 Å². The van der Waals surface area contributed by atoms with E-state index in [0.29, 0.717) is 42.7 Å². The van der Waals surface area contributed by atoms with Crippen LogP contribution in [-0.2, 0) is 17.8 Å². The van der Waals surface area contributed by atoms with E-state index in [9.17, 15) is 4.79 Å². The number of ether oxygens (including phenoxy) is 2. The van der Waals surface area contributed by atoms with Crippen molar-refractivity contribution in [2.75, 3.05) is 13.2 Å². The third-order valence-corrected chi connectivity index (χ3v) is 3.85. The predicted octanol–water partition coefficient (Wildman–Crippen LogP) is 3.89. The number of hydrogen-bond donors (Lipinski definition) is 1. The molecule has 0 aliphatic rings. The van der Waals surface area contributed by atoms with E-state index in [1.54, 1.807) is 6.07 Å². The Morgan fingerprint density at radius 3 is 2.65 bits per heavy atom. The molecule has 6 heteroatoms. The van der Waals surface area contributed by atoms with Gasteiger partial charge in [-0.15, -0.1) is 0 Å². The first-order valence-electron chi connectivity index (χ1n) is 8.39. The molecule has 0 saturated heterocycles. The summed E-state index contributed by atoms with van der Waals surface area (Å²) in [6.07, 6.45) is 0.438. The third-order valence-electron chi connectivity index (χ3n) is 3.57. The van der Waals surface area contributed by atoms with Crippen LogP contribution in [0, 0.1) is 11.3 Å². The van der Waals surface area contributed by atoms with Gasteiger partial charge in [-0.1, -0.05) is 41.9 Å². The number of benzene rings is 2. The van der Waals surface area contributed by atoms with Crippen molar-refractivity contribution >= 4 is 17.5 Å². The van der Waals surface area contributed by atoms with Crippen LogP contribution in [0.2, 0.25) is 5.02 Å². The minimum absolute atomic E-state index is 0.142. The summed E-state index contributed by atoms with van der Waals surface area (Å²) >= 11 is 6.39. The normalized spacial score (nSPS) is 10.0. The summed E-state index contributed by atoms with van der Waals surface area (Å²) < 4.78 is 11.5. The summed E-state index contributed by atoms with van der Waals surface area (Å²) in [5.41, 5.74) is 1.96. The van der Waals surface area contributed by atoms with E-state index < -0.39 is 0 Å². The molecule has 0 unspecified atom stereocenters. The smallest absolute Gasteiger partial charge is 0.234 e. The lowest BCUT2D eigenvalue weighted by molar-refractivity contribution is -0.120. The van der Waals surface area contributed by atoms with Gasteiger partial charge in [-0.25, -0.2) is 0 Å². The Kier molecular flexibility index (Phi) is 7.78. The molecule has 0 radical (unpaired) electrons. The van der Waals surface area contributed by atoms with Gasteiger partial charge in [0.2, 0.25) is 5.91 Å². The number of rotatable bonds is 9. The fourth-order valence-corrected chi connectivity index (χ4v) is 2.67. The Morgan fingerprint density at radius 2 is 1.96 bits per heavy atom. The van der Waals surface area contributed by atoms with Gasteiger partial charge < -0.3 is 14.8 Å². The number of carbonyl (C=O) groups is 1. The van der Waals surface area contributed by atoms with Crippen molar-refractivity contribution in [1.82, 2.24) is 5.32 Å². The van der Waals surface area contributed by atoms with Gasteiger partial charge in [-0.05, 0) is 36.6 Å². The van der Waals surface area contributed by atoms with Gasteiger partial charge in [0.05, 0.1) is 17.7 Å². The van der Waals surface area contributed by atoms with E-state index in [2.05, 4.69) is 5.32 Å². The molecule has 26 heavy (non-hydrogen) atoms. The first-order valence-corrected chi connectivity index (χ1v) is 8.77. The first kappa shape index (κ1) is 19.6. The number of nitrogens with zero attached hydrogens (tertiary/aromatic N) is 1. The summed E-state index contributed by atoms with van der Waals surface area (Å²) in [5.74, 6) is 0.801. The first-order chi connectivity index (χ1) is 12.6. The quantitative estimate of drug-likeness (QED) is 0.724. The van der Waals surface area contributed by atoms with Crippen molar-refractivity contribution in [3.05, 3.63) is 58.6 Å². The van der Waals surface area contributed by atoms with Gasteiger partial charge in [0, 0.05) is 6.54 Å². The summed E-state index contributed by atoms with van der Waals surface area (Å²) in [6, 6.07) is 15.3. The Balaban J connectivity index is 2.06. The molecule has 2 rings (SSSR count). The van der Waals surface area contributed by atoms with Crippen molar-refractivity contribution in [3.63, 3.8) is 0 Å². The standard InChI is InChI=1S/C20H21ClN2O3/c1-2-25-18-13-16(9-11-23-19(24)8-10-22)12-17(21)20(18)26-14-15-6-4-3-5-7-15/h3-7,12-13H,2,8-9,11,14H2,1H3,(H,23,24). The minimum Gasteiger partial charge on any atom is -0.490 e. The van der Waals surface area contributed by atoms with Crippen LogP contribution < -0.4 is 14.8 Å². The highest BCUT2D eigenvalue weighted by Crippen LogP contribution is 2.37. The second kappa shape index (κ2) is 10.3. The van der Waals surface area contributed by atoms with Crippen LogP contribution >= 0.6 is 11.6 Å². The molecule has 136 valence electrons. The molecule has 0 aliphatic carbocycles. The third kappa shape index (κ3) is 5.98. The Morgan fingerprint density at radius 1 is 1.19 bits per heavy atom. The van der Waals surface area contributed by atoms with Gasteiger partial charge in [-0.3, -0.25) is 4.79 Å². The molecule has 1 amide bonds. The fourth-order valence-electron chi connectivity index (χ4n) is 2.38. The van der Waals surface area contributed by atoms with Crippen molar-refractivity contribution in [1.29, 1.82) is 5.26 Å². The van der Waals surface area contributed by atoms with Crippen molar-refractivity contribution in [2.45, 2.75) is 26.4 Å². The molecule has 0 aliphatic heterocycles. The Labute approximate surface area is 158 Å². The molecule has 0 saturated carbocycles. The van der Waals surface area contributed by atoms with Crippen LogP contribution in [0.15, 0.2) is 42.5 Å². The highest BCUT2D eigenvalue weighted by atomic mass is 35.5. The predicted molar refractivity (Wildman–Crippen MR) is 100 cm³/mol. The van der Waals surface area contributed by atoms with Crippen LogP contribution in [0.25, 0.3) is 0 Å². The largest absolute Gasteiger partial charge is 0.490 e. The zero-order valence-corrected chi connectivity index (χ0v) is 15.4. The molecule has 0 spiro atoms. The van der Waals surface area contributed by atoms with E-state index in [-0.39, 0.29) is 12.3 Å². The summed E-state index contributed by atoms with van der Waals surface area (Å²) in [6.45, 7) is 3.20. The van der Waals surface area contributed by atoms with E-state index >= 15 is 0 Å². The van der Waals surface area contributed by atoms with Crippen LogP contribution in [0.4, 0.5) is 0 Å². The zero-order chi connectivity index (χ0) is 18.8. The molecule has 2 aromatic rings. The highest BCUT2D eigenvalue weighted by Gasteiger charge is 2.13. The molecule has 0 bridgehead atoms. The van der Waals surface area contributed by atoms with Crippen molar-refractivity contribution in [2.24, 2.45) is 0 Å². The monoisotopic (exact) mass is 372 g/mol. The Hall–Kier alpha value is -2.71. The second-order valence-electron chi connectivity index (χ2n) is 5.55. The van der Waals surface area contributed by atoms with E-state index in [1.807, 2.05) is 49.4 Å². The molecule has 0 atom stereocenters. The minimum atomic E-state index is -0.286. The molecule has 0 aromatic heterocycles. The SMILES string of the molecule is CCOc1cc(CCNC(=O)CC#N)cc(Cl)c1OCc1ccccc1. The average Bonchev–Trinajstić information content (AvgIpc) is 2.62. The molecular formula is C20H21ClN2O3. The van der Waals surface area contributed by atoms with Crippen LogP contribution in [0.1, 0.15) is 24.5 Å². The molecule has 0 fully saturated rings. The van der Waals surface area contributed by atoms with Crippen molar-refractivity contribution < 1.29 is 14.3 Å². The van der Waals surface area contributed by atoms with Gasteiger partial charge in [-0.2, -0.15) is 5.26 Å². The van der Waals surface area contributed by atoms with Gasteiger partial charge >= 0.3 is 0 Å². The van der Waals surface area contributed by atoms with E-state index in [0.717, 1.165) is 11.1 Å². The van der Waals surface area contributed by atoms with Crippen LogP contribution in [-0.4, -0.2) is 19.1 Å². The number of hydrogen-bond acceptors (Lipinski definition) is 4. The maximum Gasteiger partial charge on any atom is 0.234 e. The lowest BCUT2D eigenvalue weighted by Gasteiger charge is -2.15. The molecule has 2 aromatic carbocycles. The maximum absolute atomic E-state index is 11.3. The van der Waals surface area contributed by atoms with E-state index in [4.69, 9.17) is 26.3 Å². The fraction of sp³-hybridized carbons (Fsp3) is 0.300. The second-order valence-corrected chi connectivity index (χ2v) is 5.95. The van der Waals surface area contributed by atoms with Gasteiger partial charge in [0.25, 0.3) is 0 Å². The maximum atomic E-state index is 11.3. The molecule has 1 N–H and O–H groups in total. The van der Waals surface area contributed by atoms with Gasteiger partial charge in [0.1, 0.15) is 13.0 Å². The molecule has 0 heterocycles. The summed E-state index contributed by atoms with van der Waals surface area (Å²) in [4.78, 5) is 11.3. The van der Waals surface area contributed by atoms with Crippen molar-refractivity contribution in [3.8, 4) is 17.6 Å². The number of carbonyl (C=O) groups excluding carboxylic acids is 1. The number of amides is 1. The molecule has 5 nitrogen and oxygen atoms in total. The highest BCUT2D eigenvalue weighted by molar-refractivity contribution is 6.32. The number of nitriles is 1. The Bertz CT molecular complexity index is 773.